The molecular weight excluding hydrogens is 673 g/mol. The Balaban J connectivity index is 1.14. The number of benzene rings is 7. The third-order valence-electron chi connectivity index (χ3n) is 10.1. The van der Waals surface area contributed by atoms with E-state index in [4.69, 9.17) is 19.9 Å². The summed E-state index contributed by atoms with van der Waals surface area (Å²) >= 11 is 0. The quantitative estimate of drug-likeness (QED) is 0.172. The van der Waals surface area contributed by atoms with E-state index in [-0.39, 0.29) is 0 Å². The van der Waals surface area contributed by atoms with Gasteiger partial charge in [-0.1, -0.05) is 127 Å². The highest BCUT2D eigenvalue weighted by molar-refractivity contribution is 6.22. The Morgan fingerprint density at radius 2 is 0.964 bits per heavy atom. The normalized spacial score (nSPS) is 11.3. The van der Waals surface area contributed by atoms with Crippen LogP contribution in [0, 0.1) is 11.3 Å². The zero-order valence-corrected chi connectivity index (χ0v) is 29.5. The summed E-state index contributed by atoms with van der Waals surface area (Å²) in [5, 5.41) is 12.8. The van der Waals surface area contributed by atoms with Gasteiger partial charge in [0.25, 0.3) is 0 Å². The van der Waals surface area contributed by atoms with E-state index in [1.165, 1.54) is 0 Å². The van der Waals surface area contributed by atoms with Gasteiger partial charge in [0.15, 0.2) is 17.5 Å². The van der Waals surface area contributed by atoms with Gasteiger partial charge in [-0.15, -0.1) is 0 Å². The van der Waals surface area contributed by atoms with Crippen LogP contribution in [0.3, 0.4) is 0 Å². The molecular formula is C49H30N6. The lowest BCUT2D eigenvalue weighted by Crippen LogP contribution is -2.00. The lowest BCUT2D eigenvalue weighted by atomic mass is 10.0. The van der Waals surface area contributed by atoms with Crippen molar-refractivity contribution in [2.45, 2.75) is 0 Å². The lowest BCUT2D eigenvalue weighted by Gasteiger charge is -2.12. The maximum atomic E-state index is 9.43. The topological polar surface area (TPSA) is 80.3 Å². The van der Waals surface area contributed by atoms with E-state index in [2.05, 4.69) is 132 Å². The fraction of sp³-hybridized carbons (Fsp3) is 0. The Labute approximate surface area is 317 Å². The Morgan fingerprint density at radius 3 is 1.67 bits per heavy atom. The largest absolute Gasteiger partial charge is 0.308 e. The van der Waals surface area contributed by atoms with Gasteiger partial charge in [0.2, 0.25) is 0 Å². The van der Waals surface area contributed by atoms with Gasteiger partial charge in [0, 0.05) is 44.1 Å². The van der Waals surface area contributed by atoms with Gasteiger partial charge in [-0.25, -0.2) is 19.9 Å². The molecule has 3 heterocycles. The predicted molar refractivity (Wildman–Crippen MR) is 221 cm³/mol. The second kappa shape index (κ2) is 13.3. The molecule has 0 aliphatic rings. The molecule has 0 spiro atoms. The summed E-state index contributed by atoms with van der Waals surface area (Å²) in [6.45, 7) is 0. The molecule has 6 nitrogen and oxygen atoms in total. The minimum atomic E-state index is 0.533. The predicted octanol–water partition coefficient (Wildman–Crippen LogP) is 11.7. The fourth-order valence-corrected chi connectivity index (χ4v) is 7.44. The minimum absolute atomic E-state index is 0.533. The monoisotopic (exact) mass is 702 g/mol. The highest BCUT2D eigenvalue weighted by atomic mass is 15.0. The van der Waals surface area contributed by atoms with Crippen molar-refractivity contribution in [1.29, 1.82) is 5.26 Å². The van der Waals surface area contributed by atoms with Crippen molar-refractivity contribution in [3.8, 4) is 68.3 Å². The number of para-hydroxylation sites is 3. The Bertz CT molecular complexity index is 3070. The first-order chi connectivity index (χ1) is 27.2. The van der Waals surface area contributed by atoms with Crippen LogP contribution in [0.25, 0.3) is 94.9 Å². The molecule has 0 saturated carbocycles. The van der Waals surface area contributed by atoms with Crippen LogP contribution in [0.5, 0.6) is 0 Å². The maximum Gasteiger partial charge on any atom is 0.164 e. The van der Waals surface area contributed by atoms with Crippen LogP contribution in [0.1, 0.15) is 5.56 Å². The average molecular weight is 703 g/mol. The molecule has 0 amide bonds. The third kappa shape index (κ3) is 5.68. The first-order valence-corrected chi connectivity index (χ1v) is 18.1. The number of hydrogen-bond donors (Lipinski definition) is 0. The lowest BCUT2D eigenvalue weighted by molar-refractivity contribution is 1.07. The molecule has 0 saturated heterocycles. The molecule has 3 aromatic heterocycles. The van der Waals surface area contributed by atoms with Gasteiger partial charge in [-0.3, -0.25) is 0 Å². The molecule has 0 N–H and O–H groups in total. The van der Waals surface area contributed by atoms with E-state index in [0.717, 1.165) is 77.5 Å². The van der Waals surface area contributed by atoms with Gasteiger partial charge in [-0.05, 0) is 65.7 Å². The van der Waals surface area contributed by atoms with Crippen molar-refractivity contribution in [3.05, 3.63) is 188 Å². The minimum Gasteiger partial charge on any atom is -0.308 e. The van der Waals surface area contributed by atoms with Crippen molar-refractivity contribution in [1.82, 2.24) is 24.5 Å². The van der Waals surface area contributed by atoms with E-state index >= 15 is 0 Å². The Hall–Kier alpha value is -7.75. The van der Waals surface area contributed by atoms with Gasteiger partial charge >= 0.3 is 0 Å². The molecule has 0 aliphatic carbocycles. The van der Waals surface area contributed by atoms with Gasteiger partial charge in [0.1, 0.15) is 0 Å². The number of nitrogens with zero attached hydrogens (tertiary/aromatic N) is 6. The molecule has 10 aromatic rings. The third-order valence-corrected chi connectivity index (χ3v) is 10.1. The molecule has 0 unspecified atom stereocenters. The van der Waals surface area contributed by atoms with Crippen molar-refractivity contribution in [2.24, 2.45) is 0 Å². The van der Waals surface area contributed by atoms with E-state index < -0.39 is 0 Å². The second-order valence-electron chi connectivity index (χ2n) is 13.4. The van der Waals surface area contributed by atoms with Crippen LogP contribution in [-0.2, 0) is 0 Å². The number of rotatable bonds is 6. The molecule has 55 heavy (non-hydrogen) atoms. The summed E-state index contributed by atoms with van der Waals surface area (Å²) in [5.74, 6) is 1.65. The SMILES string of the molecule is N#Cc1ccc(-c2nc(-c3ccc(-c4nc5ccccc5c5c4c4ccccc4n5-c4ccccc4)cc3)nc(-c3cccc(-c4ccccc4)c3)n2)cc1. The number of aromatic nitrogens is 5. The summed E-state index contributed by atoms with van der Waals surface area (Å²) in [6.07, 6.45) is 0. The molecule has 0 radical (unpaired) electrons. The van der Waals surface area contributed by atoms with Gasteiger partial charge in [0.05, 0.1) is 33.9 Å². The van der Waals surface area contributed by atoms with Gasteiger partial charge in [-0.2, -0.15) is 5.26 Å². The van der Waals surface area contributed by atoms with Gasteiger partial charge < -0.3 is 4.57 Å². The van der Waals surface area contributed by atoms with E-state index in [9.17, 15) is 5.26 Å². The van der Waals surface area contributed by atoms with E-state index in [0.29, 0.717) is 23.0 Å². The summed E-state index contributed by atoms with van der Waals surface area (Å²) in [7, 11) is 0. The molecule has 0 aliphatic heterocycles. The van der Waals surface area contributed by atoms with E-state index in [1.807, 2.05) is 48.5 Å². The van der Waals surface area contributed by atoms with Crippen LogP contribution < -0.4 is 0 Å². The van der Waals surface area contributed by atoms with Crippen LogP contribution >= 0.6 is 0 Å². The molecule has 0 bridgehead atoms. The van der Waals surface area contributed by atoms with E-state index in [1.54, 1.807) is 12.1 Å². The Morgan fingerprint density at radius 1 is 0.418 bits per heavy atom. The summed E-state index contributed by atoms with van der Waals surface area (Å²) < 4.78 is 2.36. The molecule has 0 atom stereocenters. The number of hydrogen-bond acceptors (Lipinski definition) is 5. The van der Waals surface area contributed by atoms with Crippen LogP contribution in [-0.4, -0.2) is 24.5 Å². The molecule has 0 fully saturated rings. The average Bonchev–Trinajstić information content (AvgIpc) is 3.62. The molecule has 6 heteroatoms. The van der Waals surface area contributed by atoms with Crippen molar-refractivity contribution >= 4 is 32.7 Å². The summed E-state index contributed by atoms with van der Waals surface area (Å²) in [6, 6.07) is 63.9. The van der Waals surface area contributed by atoms with Crippen molar-refractivity contribution in [3.63, 3.8) is 0 Å². The fourth-order valence-electron chi connectivity index (χ4n) is 7.44. The molecule has 7 aromatic carbocycles. The number of fused-ring (bicyclic) bond motifs is 5. The Kier molecular flexibility index (Phi) is 7.75. The van der Waals surface area contributed by atoms with Crippen LogP contribution in [0.15, 0.2) is 182 Å². The summed E-state index contributed by atoms with van der Waals surface area (Å²) in [4.78, 5) is 20.3. The number of pyridine rings is 1. The van der Waals surface area contributed by atoms with Crippen LogP contribution in [0.2, 0.25) is 0 Å². The standard InChI is InChI=1S/C49H30N6/c50-31-32-22-24-35(25-23-32)47-52-48(54-49(53-47)38-15-11-14-37(30-38)33-12-3-1-4-13-33)36-28-26-34(27-29-36)45-44-41-19-8-10-21-43(41)55(39-16-5-2-6-17-39)46(44)40-18-7-9-20-42(40)51-45/h1-30H. The first kappa shape index (κ1) is 31.9. The first-order valence-electron chi connectivity index (χ1n) is 18.1. The molecule has 256 valence electrons. The zero-order chi connectivity index (χ0) is 36.7. The number of nitriles is 1. The highest BCUT2D eigenvalue weighted by Gasteiger charge is 2.21. The zero-order valence-electron chi connectivity index (χ0n) is 29.5. The summed E-state index contributed by atoms with van der Waals surface area (Å²) in [5.41, 5.74) is 11.5. The highest BCUT2D eigenvalue weighted by Crippen LogP contribution is 2.41. The second-order valence-corrected chi connectivity index (χ2v) is 13.4. The van der Waals surface area contributed by atoms with Crippen LogP contribution in [0.4, 0.5) is 0 Å². The smallest absolute Gasteiger partial charge is 0.164 e. The van der Waals surface area contributed by atoms with Crippen molar-refractivity contribution < 1.29 is 0 Å². The maximum absolute atomic E-state index is 9.43. The van der Waals surface area contributed by atoms with Crippen molar-refractivity contribution in [2.75, 3.05) is 0 Å². The molecule has 10 rings (SSSR count).